The van der Waals surface area contributed by atoms with E-state index in [-0.39, 0.29) is 23.0 Å². The molecular weight excluding hydrogens is 304 g/mol. The van der Waals surface area contributed by atoms with Crippen LogP contribution in [0.25, 0.3) is 0 Å². The number of carbonyl (C=O) groups excluding carboxylic acids is 2. The van der Waals surface area contributed by atoms with Crippen LogP contribution in [0.4, 0.5) is 0 Å². The molecule has 1 N–H and O–H groups in total. The molecule has 0 rings (SSSR count). The van der Waals surface area contributed by atoms with Crippen LogP contribution in [0.5, 0.6) is 0 Å². The van der Waals surface area contributed by atoms with E-state index in [2.05, 4.69) is 12.3 Å². The van der Waals surface area contributed by atoms with Crippen LogP contribution in [0.1, 0.15) is 84.5 Å². The Kier molecular flexibility index (Phi) is 13.6. The van der Waals surface area contributed by atoms with Crippen LogP contribution in [0, 0.1) is 0 Å². The molecule has 0 aliphatic carbocycles. The molecule has 0 fully saturated rings. The summed E-state index contributed by atoms with van der Waals surface area (Å²) in [6, 6.07) is 0. The highest BCUT2D eigenvalue weighted by Crippen LogP contribution is 2.10. The predicted octanol–water partition coefficient (Wildman–Crippen LogP) is 3.97. The summed E-state index contributed by atoms with van der Waals surface area (Å²) in [4.78, 5) is 23.6. The Labute approximate surface area is 148 Å². The Bertz CT molecular complexity index is 344. The van der Waals surface area contributed by atoms with Gasteiger partial charge in [-0.1, -0.05) is 65.2 Å². The lowest BCUT2D eigenvalue weighted by Crippen LogP contribution is -2.56. The highest BCUT2D eigenvalue weighted by atomic mass is 16.5. The number of quaternary nitrogens is 1. The van der Waals surface area contributed by atoms with Crippen molar-refractivity contribution in [1.82, 2.24) is 5.43 Å². The number of carbonyl (C=O) groups is 2. The van der Waals surface area contributed by atoms with Gasteiger partial charge >= 0.3 is 5.97 Å². The zero-order valence-corrected chi connectivity index (χ0v) is 16.4. The first-order chi connectivity index (χ1) is 11.4. The minimum atomic E-state index is -0.273. The van der Waals surface area contributed by atoms with Gasteiger partial charge in [0.1, 0.15) is 0 Å². The summed E-state index contributed by atoms with van der Waals surface area (Å²) in [6.07, 6.45) is 12.5. The molecule has 0 heterocycles. The average Bonchev–Trinajstić information content (AvgIpc) is 2.50. The molecule has 0 saturated carbocycles. The highest BCUT2D eigenvalue weighted by molar-refractivity contribution is 5.75. The molecule has 0 aromatic rings. The Hall–Kier alpha value is -1.10. The van der Waals surface area contributed by atoms with E-state index in [1.807, 2.05) is 6.92 Å². The normalized spacial score (nSPS) is 11.3. The van der Waals surface area contributed by atoms with Crippen LogP contribution in [-0.2, 0) is 14.3 Å². The van der Waals surface area contributed by atoms with Crippen molar-refractivity contribution in [3.8, 4) is 0 Å². The molecule has 0 aromatic carbocycles. The zero-order chi connectivity index (χ0) is 18.3. The van der Waals surface area contributed by atoms with Crippen molar-refractivity contribution in [3.63, 3.8) is 0 Å². The van der Waals surface area contributed by atoms with Gasteiger partial charge in [-0.15, -0.1) is 0 Å². The maximum atomic E-state index is 12.0. The molecule has 142 valence electrons. The van der Waals surface area contributed by atoms with Crippen LogP contribution in [0.3, 0.4) is 0 Å². The van der Waals surface area contributed by atoms with E-state index in [9.17, 15) is 9.59 Å². The van der Waals surface area contributed by atoms with E-state index in [4.69, 9.17) is 4.74 Å². The molecule has 0 aromatic heterocycles. The van der Waals surface area contributed by atoms with Gasteiger partial charge in [0.05, 0.1) is 20.7 Å². The van der Waals surface area contributed by atoms with Crippen LogP contribution < -0.4 is 5.43 Å². The van der Waals surface area contributed by atoms with Crippen molar-refractivity contribution >= 4 is 11.9 Å². The standard InChI is InChI=1S/C19H38N2O3/c1-5-7-8-9-10-11-12-13-14-15-18(22)20-21(3,4)17-19(23)24-16-6-2/h5-17H2,1-4H3/p+1. The lowest BCUT2D eigenvalue weighted by atomic mass is 10.1. The Balaban J connectivity index is 3.67. The lowest BCUT2D eigenvalue weighted by molar-refractivity contribution is -0.918. The number of rotatable bonds is 15. The lowest BCUT2D eigenvalue weighted by Gasteiger charge is -2.27. The summed E-state index contributed by atoms with van der Waals surface area (Å²) in [5.74, 6) is -0.267. The number of esters is 1. The Morgan fingerprint density at radius 1 is 0.833 bits per heavy atom. The van der Waals surface area contributed by atoms with Crippen LogP contribution in [0.15, 0.2) is 0 Å². The summed E-state index contributed by atoms with van der Waals surface area (Å²) in [5, 5.41) is 0. The molecular formula is C19H39N2O3+. The zero-order valence-electron chi connectivity index (χ0n) is 16.4. The highest BCUT2D eigenvalue weighted by Gasteiger charge is 2.23. The summed E-state index contributed by atoms with van der Waals surface area (Å²) < 4.78 is 5.20. The van der Waals surface area contributed by atoms with Gasteiger partial charge < -0.3 is 4.74 Å². The SMILES string of the molecule is CCCCCCCCCCCC(=O)N[N+](C)(C)CC(=O)OCCC. The summed E-state index contributed by atoms with van der Waals surface area (Å²) >= 11 is 0. The third-order valence-electron chi connectivity index (χ3n) is 3.93. The number of unbranched alkanes of at least 4 members (excludes halogenated alkanes) is 8. The van der Waals surface area contributed by atoms with Crippen molar-refractivity contribution in [1.29, 1.82) is 0 Å². The second-order valence-electron chi connectivity index (χ2n) is 7.18. The molecule has 5 nitrogen and oxygen atoms in total. The number of ether oxygens (including phenoxy) is 1. The summed E-state index contributed by atoms with van der Waals surface area (Å²) in [7, 11) is 3.61. The number of nitrogens with zero attached hydrogens (tertiary/aromatic N) is 1. The van der Waals surface area contributed by atoms with Gasteiger partial charge in [-0.2, -0.15) is 0 Å². The van der Waals surface area contributed by atoms with Gasteiger partial charge in [0, 0.05) is 6.42 Å². The van der Waals surface area contributed by atoms with E-state index >= 15 is 0 Å². The quantitative estimate of drug-likeness (QED) is 0.212. The van der Waals surface area contributed by atoms with Crippen molar-refractivity contribution < 1.29 is 18.9 Å². The monoisotopic (exact) mass is 343 g/mol. The van der Waals surface area contributed by atoms with E-state index in [1.165, 1.54) is 44.9 Å². The largest absolute Gasteiger partial charge is 0.461 e. The molecule has 0 spiro atoms. The number of hydrogen-bond acceptors (Lipinski definition) is 3. The maximum absolute atomic E-state index is 12.0. The second kappa shape index (κ2) is 14.3. The molecule has 0 bridgehead atoms. The summed E-state index contributed by atoms with van der Waals surface area (Å²) in [6.45, 7) is 4.79. The summed E-state index contributed by atoms with van der Waals surface area (Å²) in [5.41, 5.74) is 2.89. The fourth-order valence-corrected chi connectivity index (χ4v) is 2.61. The van der Waals surface area contributed by atoms with Crippen molar-refractivity contribution in [2.24, 2.45) is 0 Å². The van der Waals surface area contributed by atoms with Gasteiger partial charge in [0.2, 0.25) is 0 Å². The fraction of sp³-hybridized carbons (Fsp3) is 0.895. The Morgan fingerprint density at radius 3 is 1.92 bits per heavy atom. The minimum absolute atomic E-state index is 0.00578. The van der Waals surface area contributed by atoms with Crippen LogP contribution in [-0.4, -0.2) is 43.7 Å². The molecule has 0 radical (unpaired) electrons. The number of amides is 1. The molecule has 1 amide bonds. The Morgan fingerprint density at radius 2 is 1.38 bits per heavy atom. The third kappa shape index (κ3) is 14.5. The van der Waals surface area contributed by atoms with Gasteiger partial charge in [0.15, 0.2) is 6.54 Å². The first-order valence-electron chi connectivity index (χ1n) is 9.71. The van der Waals surface area contributed by atoms with Crippen LogP contribution in [0.2, 0.25) is 0 Å². The van der Waals surface area contributed by atoms with E-state index in [0.29, 0.717) is 13.0 Å². The molecule has 0 unspecified atom stereocenters. The third-order valence-corrected chi connectivity index (χ3v) is 3.93. The average molecular weight is 344 g/mol. The minimum Gasteiger partial charge on any atom is -0.461 e. The van der Waals surface area contributed by atoms with Gasteiger partial charge in [-0.05, 0) is 12.8 Å². The van der Waals surface area contributed by atoms with Crippen molar-refractivity contribution in [3.05, 3.63) is 0 Å². The van der Waals surface area contributed by atoms with E-state index in [0.717, 1.165) is 19.3 Å². The fourth-order valence-electron chi connectivity index (χ4n) is 2.61. The van der Waals surface area contributed by atoms with Crippen molar-refractivity contribution in [2.75, 3.05) is 27.2 Å². The van der Waals surface area contributed by atoms with E-state index in [1.54, 1.807) is 14.1 Å². The van der Waals surface area contributed by atoms with Gasteiger partial charge in [0.25, 0.3) is 5.91 Å². The van der Waals surface area contributed by atoms with E-state index < -0.39 is 0 Å². The molecule has 5 heteroatoms. The molecule has 24 heavy (non-hydrogen) atoms. The smallest absolute Gasteiger partial charge is 0.364 e. The van der Waals surface area contributed by atoms with Crippen molar-refractivity contribution in [2.45, 2.75) is 84.5 Å². The number of hydrogen-bond donors (Lipinski definition) is 1. The molecule has 0 saturated heterocycles. The van der Waals surface area contributed by atoms with Gasteiger partial charge in [-0.3, -0.25) is 4.79 Å². The molecule has 0 atom stereocenters. The first kappa shape index (κ1) is 22.9. The molecule has 0 aliphatic rings. The van der Waals surface area contributed by atoms with Crippen LogP contribution >= 0.6 is 0 Å². The number of likely N-dealkylation sites (N-methyl/N-ethyl adjacent to an activating group) is 1. The maximum Gasteiger partial charge on any atom is 0.364 e. The first-order valence-corrected chi connectivity index (χ1v) is 9.71. The topological polar surface area (TPSA) is 55.4 Å². The molecule has 0 aliphatic heterocycles. The number of nitrogens with one attached hydrogen (secondary N) is 1. The predicted molar refractivity (Wildman–Crippen MR) is 98.2 cm³/mol. The second-order valence-corrected chi connectivity index (χ2v) is 7.18. The van der Waals surface area contributed by atoms with Gasteiger partial charge in [-0.25, -0.2) is 14.8 Å².